The topological polar surface area (TPSA) is 101 Å². The molecule has 2 unspecified atom stereocenters. The summed E-state index contributed by atoms with van der Waals surface area (Å²) in [5.74, 6) is 2.25. The van der Waals surface area contributed by atoms with Gasteiger partial charge in [0.25, 0.3) is 0 Å². The molecule has 2 saturated heterocycles. The van der Waals surface area contributed by atoms with Crippen LogP contribution in [0, 0.1) is 17.2 Å². The van der Waals surface area contributed by atoms with E-state index in [2.05, 4.69) is 68.1 Å². The van der Waals surface area contributed by atoms with E-state index in [1.165, 1.54) is 37.8 Å². The van der Waals surface area contributed by atoms with Gasteiger partial charge >= 0.3 is 0 Å². The van der Waals surface area contributed by atoms with E-state index in [4.69, 9.17) is 10.00 Å². The number of likely N-dealkylation sites (tertiary alicyclic amines) is 1. The first kappa shape index (κ1) is 23.2. The monoisotopic (exact) mass is 450 g/mol. The number of nitrogens with one attached hydrogen (secondary N) is 3. The second-order valence-corrected chi connectivity index (χ2v) is 8.86. The SMILES string of the molecule is CCN1CCC(CN(C)c2ccc(C3CC(Nc4cnc(C#N)cn4)NN3)c(OC)c2)CC1. The number of rotatable bonds is 8. The van der Waals surface area contributed by atoms with Gasteiger partial charge in [0.2, 0.25) is 0 Å². The van der Waals surface area contributed by atoms with E-state index in [1.807, 2.05) is 6.07 Å². The highest BCUT2D eigenvalue weighted by Gasteiger charge is 2.28. The molecule has 0 spiro atoms. The maximum Gasteiger partial charge on any atom is 0.158 e. The quantitative estimate of drug-likeness (QED) is 0.560. The van der Waals surface area contributed by atoms with Crippen LogP contribution in [0.5, 0.6) is 5.75 Å². The van der Waals surface area contributed by atoms with Gasteiger partial charge in [-0.1, -0.05) is 13.0 Å². The summed E-state index contributed by atoms with van der Waals surface area (Å²) in [5, 5.41) is 12.2. The molecule has 2 atom stereocenters. The fourth-order valence-corrected chi connectivity index (χ4v) is 4.70. The number of methoxy groups -OCH3 is 1. The van der Waals surface area contributed by atoms with Crippen molar-refractivity contribution in [1.29, 1.82) is 5.26 Å². The molecule has 9 nitrogen and oxygen atoms in total. The van der Waals surface area contributed by atoms with Crippen molar-refractivity contribution in [3.05, 3.63) is 41.9 Å². The van der Waals surface area contributed by atoms with Crippen LogP contribution < -0.4 is 25.8 Å². The third kappa shape index (κ3) is 5.71. The highest BCUT2D eigenvalue weighted by Crippen LogP contribution is 2.34. The number of nitriles is 1. The summed E-state index contributed by atoms with van der Waals surface area (Å²) in [4.78, 5) is 13.2. The van der Waals surface area contributed by atoms with Gasteiger partial charge in [-0.05, 0) is 44.5 Å². The Kier molecular flexibility index (Phi) is 7.60. The van der Waals surface area contributed by atoms with E-state index in [1.54, 1.807) is 13.3 Å². The summed E-state index contributed by atoms with van der Waals surface area (Å²) in [6.07, 6.45) is 6.37. The number of benzene rings is 1. The third-order valence-corrected chi connectivity index (χ3v) is 6.71. The predicted molar refractivity (Wildman–Crippen MR) is 129 cm³/mol. The molecule has 3 N–H and O–H groups in total. The molecule has 0 bridgehead atoms. The van der Waals surface area contributed by atoms with Crippen molar-refractivity contribution in [1.82, 2.24) is 25.7 Å². The second-order valence-electron chi connectivity index (χ2n) is 8.86. The summed E-state index contributed by atoms with van der Waals surface area (Å²) in [7, 11) is 3.90. The number of piperidine rings is 1. The lowest BCUT2D eigenvalue weighted by atomic mass is 9.96. The number of ether oxygens (including phenoxy) is 1. The Morgan fingerprint density at radius 2 is 2.06 bits per heavy atom. The minimum atomic E-state index is -0.0155. The average molecular weight is 451 g/mol. The van der Waals surface area contributed by atoms with Crippen LogP contribution in [0.4, 0.5) is 11.5 Å². The lowest BCUT2D eigenvalue weighted by Crippen LogP contribution is -2.37. The Labute approximate surface area is 196 Å². The first-order valence-corrected chi connectivity index (χ1v) is 11.7. The normalized spacial score (nSPS) is 21.5. The lowest BCUT2D eigenvalue weighted by Gasteiger charge is -2.34. The molecule has 3 heterocycles. The molecule has 0 radical (unpaired) electrons. The Balaban J connectivity index is 1.36. The third-order valence-electron chi connectivity index (χ3n) is 6.71. The van der Waals surface area contributed by atoms with Crippen molar-refractivity contribution in [3.8, 4) is 11.8 Å². The summed E-state index contributed by atoms with van der Waals surface area (Å²) in [6.45, 7) is 6.89. The second kappa shape index (κ2) is 10.8. The lowest BCUT2D eigenvalue weighted by molar-refractivity contribution is 0.195. The largest absolute Gasteiger partial charge is 0.496 e. The van der Waals surface area contributed by atoms with Crippen LogP contribution in [0.2, 0.25) is 0 Å². The highest BCUT2D eigenvalue weighted by atomic mass is 16.5. The number of nitrogens with zero attached hydrogens (tertiary/aromatic N) is 5. The van der Waals surface area contributed by atoms with E-state index >= 15 is 0 Å². The zero-order valence-corrected chi connectivity index (χ0v) is 19.7. The first-order chi connectivity index (χ1) is 16.1. The van der Waals surface area contributed by atoms with E-state index in [0.29, 0.717) is 11.5 Å². The fraction of sp³-hybridized carbons (Fsp3) is 0.542. The molecule has 0 amide bonds. The van der Waals surface area contributed by atoms with Gasteiger partial charge in [-0.2, -0.15) is 5.26 Å². The molecule has 33 heavy (non-hydrogen) atoms. The van der Waals surface area contributed by atoms with Crippen LogP contribution in [0.25, 0.3) is 0 Å². The van der Waals surface area contributed by atoms with Gasteiger partial charge in [-0.25, -0.2) is 20.8 Å². The molecule has 1 aromatic carbocycles. The minimum Gasteiger partial charge on any atom is -0.496 e. The fourth-order valence-electron chi connectivity index (χ4n) is 4.70. The summed E-state index contributed by atoms with van der Waals surface area (Å²) in [6, 6.07) is 8.57. The smallest absolute Gasteiger partial charge is 0.158 e. The van der Waals surface area contributed by atoms with Crippen molar-refractivity contribution in [2.45, 2.75) is 38.4 Å². The molecule has 2 fully saturated rings. The van der Waals surface area contributed by atoms with Crippen molar-refractivity contribution in [2.24, 2.45) is 5.92 Å². The standard InChI is InChI=1S/C24H34N8O/c1-4-32-9-7-17(8-10-32)16-31(2)19-5-6-20(22(11-19)33-3)21-12-23(30-29-21)28-24-15-26-18(13-25)14-27-24/h5-6,11,14-15,17,21,23,29-30H,4,7-10,12,16H2,1-3H3,(H,27,28). The number of hydrazine groups is 1. The van der Waals surface area contributed by atoms with Gasteiger partial charge in [0, 0.05) is 37.3 Å². The molecule has 2 aliphatic rings. The number of anilines is 2. The van der Waals surface area contributed by atoms with Crippen molar-refractivity contribution in [2.75, 3.05) is 50.6 Å². The van der Waals surface area contributed by atoms with Gasteiger partial charge in [-0.15, -0.1) is 0 Å². The molecule has 2 aromatic rings. The molecule has 0 saturated carbocycles. The van der Waals surface area contributed by atoms with Crippen LogP contribution in [-0.2, 0) is 0 Å². The van der Waals surface area contributed by atoms with Crippen LogP contribution in [0.1, 0.15) is 43.5 Å². The molecule has 2 aliphatic heterocycles. The van der Waals surface area contributed by atoms with Crippen molar-refractivity contribution < 1.29 is 4.74 Å². The molecular weight excluding hydrogens is 416 g/mol. The van der Waals surface area contributed by atoms with Crippen LogP contribution >= 0.6 is 0 Å². The van der Waals surface area contributed by atoms with Crippen molar-refractivity contribution >= 4 is 11.5 Å². The molecule has 1 aromatic heterocycles. The highest BCUT2D eigenvalue weighted by molar-refractivity contribution is 5.54. The van der Waals surface area contributed by atoms with Gasteiger partial charge < -0.3 is 19.9 Å². The number of hydrogen-bond acceptors (Lipinski definition) is 9. The Morgan fingerprint density at radius 3 is 2.73 bits per heavy atom. The van der Waals surface area contributed by atoms with Gasteiger partial charge in [0.05, 0.1) is 31.7 Å². The van der Waals surface area contributed by atoms with Gasteiger partial charge in [0.15, 0.2) is 5.69 Å². The molecule has 9 heteroatoms. The Bertz CT molecular complexity index is 952. The van der Waals surface area contributed by atoms with Crippen molar-refractivity contribution in [3.63, 3.8) is 0 Å². The Hall–Kier alpha value is -2.93. The zero-order valence-electron chi connectivity index (χ0n) is 19.7. The molecule has 4 rings (SSSR count). The first-order valence-electron chi connectivity index (χ1n) is 11.7. The maximum atomic E-state index is 8.87. The van der Waals surface area contributed by atoms with Gasteiger partial charge in [0.1, 0.15) is 17.6 Å². The predicted octanol–water partition coefficient (Wildman–Crippen LogP) is 2.50. The van der Waals surface area contributed by atoms with E-state index < -0.39 is 0 Å². The average Bonchev–Trinajstić information content (AvgIpc) is 3.32. The summed E-state index contributed by atoms with van der Waals surface area (Å²) >= 11 is 0. The number of aromatic nitrogens is 2. The Morgan fingerprint density at radius 1 is 1.24 bits per heavy atom. The number of hydrogen-bond donors (Lipinski definition) is 3. The molecule has 176 valence electrons. The summed E-state index contributed by atoms with van der Waals surface area (Å²) in [5.41, 5.74) is 9.23. The zero-order chi connectivity index (χ0) is 23.2. The van der Waals surface area contributed by atoms with E-state index in [9.17, 15) is 0 Å². The van der Waals surface area contributed by atoms with Crippen LogP contribution in [-0.4, -0.2) is 61.4 Å². The van der Waals surface area contributed by atoms with E-state index in [0.717, 1.165) is 36.7 Å². The molecule has 0 aliphatic carbocycles. The maximum absolute atomic E-state index is 8.87. The van der Waals surface area contributed by atoms with Gasteiger partial charge in [-0.3, -0.25) is 0 Å². The molecular formula is C24H34N8O. The van der Waals surface area contributed by atoms with Crippen LogP contribution in [0.15, 0.2) is 30.6 Å². The minimum absolute atomic E-state index is 0.0155. The summed E-state index contributed by atoms with van der Waals surface area (Å²) < 4.78 is 5.77. The van der Waals surface area contributed by atoms with E-state index in [-0.39, 0.29) is 12.2 Å². The van der Waals surface area contributed by atoms with Crippen LogP contribution in [0.3, 0.4) is 0 Å².